The lowest BCUT2D eigenvalue weighted by Crippen LogP contribution is -2.47. The SMILES string of the molecule is C.COC(=O)C[C@H]1C[C@@H](CS(=O)(=O)c2nc3ccccc3s2)OC(C)(C)O1.COC(=O)C[C@H]1C[C@@H](CSc2nc3ccccc3s2)OC(C)(C)O1.N. The highest BCUT2D eigenvalue weighted by Crippen LogP contribution is 2.35. The molecule has 2 aliphatic heterocycles. The molecule has 13 nitrogen and oxygen atoms in total. The van der Waals surface area contributed by atoms with Gasteiger partial charge in [0.05, 0.1) is 77.7 Å². The van der Waals surface area contributed by atoms with Gasteiger partial charge in [0.15, 0.2) is 15.9 Å². The monoisotopic (exact) mass is 799 g/mol. The third-order valence-electron chi connectivity index (χ3n) is 7.71. The van der Waals surface area contributed by atoms with Gasteiger partial charge >= 0.3 is 11.9 Å². The first-order valence-electron chi connectivity index (χ1n) is 16.0. The summed E-state index contributed by atoms with van der Waals surface area (Å²) in [6.07, 6.45) is 0.0702. The Morgan fingerprint density at radius 3 is 1.75 bits per heavy atom. The molecule has 2 saturated heterocycles. The molecule has 0 amide bonds. The van der Waals surface area contributed by atoms with Crippen LogP contribution >= 0.6 is 34.4 Å². The van der Waals surface area contributed by atoms with Crippen LogP contribution in [-0.4, -0.2) is 92.0 Å². The van der Waals surface area contributed by atoms with E-state index >= 15 is 0 Å². The van der Waals surface area contributed by atoms with Gasteiger partial charge in [0, 0.05) is 18.6 Å². The maximum atomic E-state index is 12.8. The second-order valence-corrected chi connectivity index (χ2v) is 18.3. The number of hydrogen-bond donors (Lipinski definition) is 1. The number of carbonyl (C=O) groups excluding carboxylic acids is 2. The van der Waals surface area contributed by atoms with Crippen LogP contribution in [0.1, 0.15) is 60.8 Å². The van der Waals surface area contributed by atoms with E-state index in [9.17, 15) is 18.0 Å². The molecule has 4 heterocycles. The van der Waals surface area contributed by atoms with Gasteiger partial charge in [0.2, 0.25) is 14.2 Å². The Balaban J connectivity index is 0.000000271. The summed E-state index contributed by atoms with van der Waals surface area (Å²) in [6.45, 7) is 7.17. The van der Waals surface area contributed by atoms with E-state index in [-0.39, 0.29) is 54.7 Å². The van der Waals surface area contributed by atoms with Gasteiger partial charge in [0.25, 0.3) is 0 Å². The highest BCUT2D eigenvalue weighted by atomic mass is 32.2. The first-order chi connectivity index (χ1) is 23.6. The van der Waals surface area contributed by atoms with Crippen molar-refractivity contribution in [2.45, 2.75) is 105 Å². The van der Waals surface area contributed by atoms with Crippen molar-refractivity contribution >= 4 is 76.6 Å². The van der Waals surface area contributed by atoms with Crippen molar-refractivity contribution in [1.82, 2.24) is 16.1 Å². The van der Waals surface area contributed by atoms with Crippen LogP contribution in [0.3, 0.4) is 0 Å². The number of aromatic nitrogens is 2. The molecule has 3 N–H and O–H groups in total. The van der Waals surface area contributed by atoms with Crippen LogP contribution in [0, 0.1) is 0 Å². The number of nitrogens with zero attached hydrogens (tertiary/aromatic N) is 2. The number of ether oxygens (including phenoxy) is 6. The molecule has 6 rings (SSSR count). The minimum absolute atomic E-state index is 0. The summed E-state index contributed by atoms with van der Waals surface area (Å²) in [5.41, 5.74) is 1.69. The van der Waals surface area contributed by atoms with E-state index in [1.54, 1.807) is 43.0 Å². The largest absolute Gasteiger partial charge is 0.469 e. The first kappa shape index (κ1) is 43.7. The summed E-state index contributed by atoms with van der Waals surface area (Å²) in [5, 5.41) is 0. The van der Waals surface area contributed by atoms with Gasteiger partial charge < -0.3 is 34.6 Å². The summed E-state index contributed by atoms with van der Waals surface area (Å²) in [7, 11) is -0.915. The molecule has 0 saturated carbocycles. The Morgan fingerprint density at radius 1 is 0.769 bits per heavy atom. The number of sulfone groups is 1. The maximum Gasteiger partial charge on any atom is 0.308 e. The minimum Gasteiger partial charge on any atom is -0.469 e. The molecule has 2 fully saturated rings. The van der Waals surface area contributed by atoms with Crippen molar-refractivity contribution in [2.24, 2.45) is 0 Å². The predicted octanol–water partition coefficient (Wildman–Crippen LogP) is 7.20. The molecule has 0 radical (unpaired) electrons. The smallest absolute Gasteiger partial charge is 0.308 e. The number of thiazole rings is 2. The average molecular weight is 800 g/mol. The molecule has 2 aliphatic rings. The molecular formula is C35H49N3O10S4. The van der Waals surface area contributed by atoms with Crippen LogP contribution in [-0.2, 0) is 47.8 Å². The number of para-hydroxylation sites is 2. The van der Waals surface area contributed by atoms with E-state index in [2.05, 4.69) is 20.8 Å². The standard InChI is InChI=1S/C17H21NO6S2.C17H21NO4S2.CH4.H3N/c1-17(2)23-11(9-15(19)22-3)8-12(24-17)10-26(20,21)16-18-13-6-4-5-7-14(13)25-16;1-17(2)21-11(9-15(19)20-3)8-12(22-17)10-23-16-18-13-6-4-5-7-14(13)24-16;;/h4-7,11-12H,8-10H2,1-3H3;4-7,11-12H,8-10H2,1-3H3;1H4;1H3/t2*11-,12+;;/m11../s1. The topological polar surface area (TPSA) is 184 Å². The first-order valence-corrected chi connectivity index (χ1v) is 20.3. The Bertz CT molecular complexity index is 1830. The summed E-state index contributed by atoms with van der Waals surface area (Å²) in [5.74, 6) is -1.77. The summed E-state index contributed by atoms with van der Waals surface area (Å²) < 4.78 is 61.5. The van der Waals surface area contributed by atoms with Crippen molar-refractivity contribution < 1.29 is 46.4 Å². The van der Waals surface area contributed by atoms with Crippen molar-refractivity contribution in [3.05, 3.63) is 48.5 Å². The zero-order valence-corrected chi connectivity index (χ0v) is 32.8. The zero-order chi connectivity index (χ0) is 36.1. The number of carbonyl (C=O) groups is 2. The Labute approximate surface area is 317 Å². The lowest BCUT2D eigenvalue weighted by molar-refractivity contribution is -0.296. The summed E-state index contributed by atoms with van der Waals surface area (Å²) in [6, 6.07) is 15.4. The van der Waals surface area contributed by atoms with Gasteiger partial charge in [-0.2, -0.15) is 0 Å². The highest BCUT2D eigenvalue weighted by molar-refractivity contribution is 8.01. The lowest BCUT2D eigenvalue weighted by Gasteiger charge is -2.40. The zero-order valence-electron chi connectivity index (χ0n) is 29.5. The molecule has 52 heavy (non-hydrogen) atoms. The van der Waals surface area contributed by atoms with Gasteiger partial charge in [-0.1, -0.05) is 43.5 Å². The van der Waals surface area contributed by atoms with Crippen LogP contribution in [0.2, 0.25) is 0 Å². The number of hydrogen-bond acceptors (Lipinski definition) is 16. The van der Waals surface area contributed by atoms with Crippen LogP contribution in [0.15, 0.2) is 57.2 Å². The maximum absolute atomic E-state index is 12.8. The van der Waals surface area contributed by atoms with E-state index in [4.69, 9.17) is 23.7 Å². The van der Waals surface area contributed by atoms with Gasteiger partial charge in [-0.05, 0) is 52.0 Å². The number of rotatable bonds is 10. The van der Waals surface area contributed by atoms with Gasteiger partial charge in [-0.25, -0.2) is 18.4 Å². The van der Waals surface area contributed by atoms with Crippen molar-refractivity contribution in [3.63, 3.8) is 0 Å². The lowest BCUT2D eigenvalue weighted by atomic mass is 10.1. The summed E-state index contributed by atoms with van der Waals surface area (Å²) in [4.78, 5) is 31.9. The van der Waals surface area contributed by atoms with E-state index in [0.717, 1.165) is 31.6 Å². The van der Waals surface area contributed by atoms with Gasteiger partial charge in [-0.15, -0.1) is 22.7 Å². The number of thioether (sulfide) groups is 1. The number of esters is 2. The Kier molecular flexibility index (Phi) is 15.6. The van der Waals surface area contributed by atoms with Gasteiger partial charge in [-0.3, -0.25) is 9.59 Å². The molecule has 17 heteroatoms. The Morgan fingerprint density at radius 2 is 1.23 bits per heavy atom. The predicted molar refractivity (Wildman–Crippen MR) is 204 cm³/mol. The quantitative estimate of drug-likeness (QED) is 0.125. The Hall–Kier alpha value is -2.74. The van der Waals surface area contributed by atoms with E-state index in [1.807, 2.05) is 50.2 Å². The molecule has 0 spiro atoms. The molecular weight excluding hydrogens is 751 g/mol. The second kappa shape index (κ2) is 18.5. The highest BCUT2D eigenvalue weighted by Gasteiger charge is 2.40. The molecule has 0 bridgehead atoms. The molecule has 4 aromatic rings. The third-order valence-corrected chi connectivity index (χ3v) is 13.3. The van der Waals surface area contributed by atoms with Crippen molar-refractivity contribution in [3.8, 4) is 0 Å². The molecule has 2 aromatic heterocycles. The third kappa shape index (κ3) is 12.1. The number of benzene rings is 2. The minimum atomic E-state index is -3.62. The van der Waals surface area contributed by atoms with E-state index < -0.39 is 39.6 Å². The summed E-state index contributed by atoms with van der Waals surface area (Å²) >= 11 is 4.53. The van der Waals surface area contributed by atoms with Crippen LogP contribution in [0.5, 0.6) is 0 Å². The molecule has 288 valence electrons. The molecule has 2 aromatic carbocycles. The molecule has 4 atom stereocenters. The van der Waals surface area contributed by atoms with E-state index in [1.165, 1.54) is 18.9 Å². The van der Waals surface area contributed by atoms with Gasteiger partial charge in [0.1, 0.15) is 0 Å². The normalized spacial score (nSPS) is 22.3. The average Bonchev–Trinajstić information content (AvgIpc) is 3.67. The van der Waals surface area contributed by atoms with Crippen LogP contribution in [0.4, 0.5) is 0 Å². The van der Waals surface area contributed by atoms with E-state index in [0.29, 0.717) is 18.4 Å². The fourth-order valence-electron chi connectivity index (χ4n) is 5.81. The second-order valence-electron chi connectivity index (χ2n) is 12.8. The van der Waals surface area contributed by atoms with Crippen molar-refractivity contribution in [1.29, 1.82) is 0 Å². The van der Waals surface area contributed by atoms with Crippen molar-refractivity contribution in [2.75, 3.05) is 25.7 Å². The molecule has 0 unspecified atom stereocenters. The number of fused-ring (bicyclic) bond motifs is 2. The fourth-order valence-corrected chi connectivity index (χ4v) is 10.7. The van der Waals surface area contributed by atoms with Crippen LogP contribution < -0.4 is 6.15 Å². The van der Waals surface area contributed by atoms with Crippen LogP contribution in [0.25, 0.3) is 20.4 Å². The number of methoxy groups -OCH3 is 2. The molecule has 0 aliphatic carbocycles. The fraction of sp³-hybridized carbons (Fsp3) is 0.543.